The summed E-state index contributed by atoms with van der Waals surface area (Å²) >= 11 is 0. The van der Waals surface area contributed by atoms with Crippen LogP contribution in [0, 0.1) is 0 Å². The Morgan fingerprint density at radius 3 is 0.938 bits per heavy atom. The fourth-order valence-corrected chi connectivity index (χ4v) is 2.80. The van der Waals surface area contributed by atoms with Gasteiger partial charge in [-0.2, -0.15) is 0 Å². The molecule has 0 spiro atoms. The maximum Gasteiger partial charge on any atom is 0.150 e. The predicted molar refractivity (Wildman–Crippen MR) is 121 cm³/mol. The molecule has 3 aromatic carbocycles. The summed E-state index contributed by atoms with van der Waals surface area (Å²) in [5, 5.41) is 0. The predicted octanol–water partition coefficient (Wildman–Crippen LogP) is 5.01. The maximum atomic E-state index is 10.6. The van der Waals surface area contributed by atoms with E-state index >= 15 is 0 Å². The molecule has 0 aliphatic heterocycles. The van der Waals surface area contributed by atoms with E-state index in [9.17, 15) is 9.59 Å². The van der Waals surface area contributed by atoms with Crippen molar-refractivity contribution in [2.24, 2.45) is 0 Å². The van der Waals surface area contributed by atoms with Gasteiger partial charge in [-0.25, -0.2) is 0 Å². The summed E-state index contributed by atoms with van der Waals surface area (Å²) in [5.74, 6) is 3.01. The Hall–Kier alpha value is -3.80. The Kier molecular flexibility index (Phi) is 9.15. The molecule has 0 aliphatic carbocycles. The number of carbonyl (C=O) groups excluding carboxylic acids is 2. The molecular formula is C26H26O6. The third kappa shape index (κ3) is 7.80. The van der Waals surface area contributed by atoms with Gasteiger partial charge in [-0.3, -0.25) is 9.59 Å². The van der Waals surface area contributed by atoms with E-state index in [1.54, 1.807) is 48.5 Å². The zero-order chi connectivity index (χ0) is 22.4. The van der Waals surface area contributed by atoms with Gasteiger partial charge in [0.25, 0.3) is 0 Å². The first-order valence-electron chi connectivity index (χ1n) is 10.5. The molecular weight excluding hydrogens is 408 g/mol. The van der Waals surface area contributed by atoms with Crippen LogP contribution in [0.1, 0.15) is 33.6 Å². The van der Waals surface area contributed by atoms with Gasteiger partial charge in [0.1, 0.15) is 35.6 Å². The molecule has 0 bridgehead atoms. The lowest BCUT2D eigenvalue weighted by Gasteiger charge is -2.10. The smallest absolute Gasteiger partial charge is 0.150 e. The fraction of sp³-hybridized carbons (Fsp3) is 0.231. The number of ether oxygens (including phenoxy) is 4. The van der Waals surface area contributed by atoms with Crippen LogP contribution in [0.15, 0.2) is 72.8 Å². The lowest BCUT2D eigenvalue weighted by atomic mass is 10.2. The van der Waals surface area contributed by atoms with E-state index in [4.69, 9.17) is 18.9 Å². The van der Waals surface area contributed by atoms with Gasteiger partial charge in [-0.05, 0) is 72.8 Å². The summed E-state index contributed by atoms with van der Waals surface area (Å²) in [6.07, 6.45) is 3.10. The van der Waals surface area contributed by atoms with E-state index in [1.807, 2.05) is 24.3 Å². The van der Waals surface area contributed by atoms with Crippen molar-refractivity contribution in [3.8, 4) is 23.0 Å². The van der Waals surface area contributed by atoms with Crippen LogP contribution in [0.25, 0.3) is 0 Å². The molecule has 0 N–H and O–H groups in total. The zero-order valence-electron chi connectivity index (χ0n) is 17.8. The molecule has 3 rings (SSSR count). The lowest BCUT2D eigenvalue weighted by molar-refractivity contribution is 0.111. The Morgan fingerprint density at radius 2 is 0.688 bits per heavy atom. The molecule has 0 aromatic heterocycles. The Bertz CT molecular complexity index is 869. The lowest BCUT2D eigenvalue weighted by Crippen LogP contribution is -2.06. The number of carbonyl (C=O) groups is 2. The SMILES string of the molecule is O=Cc1ccc(OCCCOc2ccc(OCCCOc3ccc(C=O)cc3)cc2)cc1. The van der Waals surface area contributed by atoms with E-state index in [1.165, 1.54) is 0 Å². The second kappa shape index (κ2) is 12.8. The highest BCUT2D eigenvalue weighted by Crippen LogP contribution is 2.18. The average Bonchev–Trinajstić information content (AvgIpc) is 2.85. The largest absolute Gasteiger partial charge is 0.493 e. The zero-order valence-corrected chi connectivity index (χ0v) is 17.8. The molecule has 3 aromatic rings. The molecule has 0 radical (unpaired) electrons. The van der Waals surface area contributed by atoms with Crippen molar-refractivity contribution in [3.63, 3.8) is 0 Å². The van der Waals surface area contributed by atoms with E-state index in [0.717, 1.165) is 48.4 Å². The van der Waals surface area contributed by atoms with Crippen molar-refractivity contribution in [2.75, 3.05) is 26.4 Å². The highest BCUT2D eigenvalue weighted by atomic mass is 16.5. The molecule has 6 nitrogen and oxygen atoms in total. The van der Waals surface area contributed by atoms with Crippen molar-refractivity contribution < 1.29 is 28.5 Å². The van der Waals surface area contributed by atoms with Crippen LogP contribution < -0.4 is 18.9 Å². The number of hydrogen-bond donors (Lipinski definition) is 0. The molecule has 32 heavy (non-hydrogen) atoms. The Morgan fingerprint density at radius 1 is 0.438 bits per heavy atom. The molecule has 6 heteroatoms. The standard InChI is InChI=1S/C26H26O6/c27-19-21-3-7-23(8-4-21)29-15-1-17-31-25-11-13-26(14-12-25)32-18-2-16-30-24-9-5-22(20-28)6-10-24/h3-14,19-20H,1-2,15-18H2. The highest BCUT2D eigenvalue weighted by molar-refractivity contribution is 5.75. The number of aldehydes is 2. The van der Waals surface area contributed by atoms with Gasteiger partial charge in [0.05, 0.1) is 26.4 Å². The number of rotatable bonds is 14. The minimum Gasteiger partial charge on any atom is -0.493 e. The summed E-state index contributed by atoms with van der Waals surface area (Å²) in [7, 11) is 0. The molecule has 0 saturated carbocycles. The molecule has 0 atom stereocenters. The molecule has 0 amide bonds. The normalized spacial score (nSPS) is 10.2. The first-order valence-corrected chi connectivity index (χ1v) is 10.5. The number of hydrogen-bond acceptors (Lipinski definition) is 6. The maximum absolute atomic E-state index is 10.6. The van der Waals surface area contributed by atoms with E-state index < -0.39 is 0 Å². The average molecular weight is 434 g/mol. The Balaban J connectivity index is 1.25. The molecule has 0 fully saturated rings. The van der Waals surface area contributed by atoms with E-state index in [-0.39, 0.29) is 0 Å². The second-order valence-corrected chi connectivity index (χ2v) is 6.95. The third-order valence-corrected chi connectivity index (χ3v) is 4.51. The summed E-state index contributed by atoms with van der Waals surface area (Å²) < 4.78 is 22.7. The van der Waals surface area contributed by atoms with Crippen LogP contribution in [-0.2, 0) is 0 Å². The van der Waals surface area contributed by atoms with Crippen LogP contribution in [-0.4, -0.2) is 39.0 Å². The summed E-state index contributed by atoms with van der Waals surface area (Å²) in [4.78, 5) is 21.3. The Labute approximate surface area is 187 Å². The van der Waals surface area contributed by atoms with Crippen LogP contribution in [0.4, 0.5) is 0 Å². The molecule has 0 unspecified atom stereocenters. The van der Waals surface area contributed by atoms with Crippen LogP contribution in [0.5, 0.6) is 23.0 Å². The van der Waals surface area contributed by atoms with Crippen molar-refractivity contribution in [1.29, 1.82) is 0 Å². The summed E-state index contributed by atoms with van der Waals surface area (Å²) in [5.41, 5.74) is 1.26. The van der Waals surface area contributed by atoms with Crippen molar-refractivity contribution in [1.82, 2.24) is 0 Å². The highest BCUT2D eigenvalue weighted by Gasteiger charge is 2.00. The van der Waals surface area contributed by atoms with Gasteiger partial charge in [-0.15, -0.1) is 0 Å². The van der Waals surface area contributed by atoms with Crippen molar-refractivity contribution in [3.05, 3.63) is 83.9 Å². The van der Waals surface area contributed by atoms with E-state index in [2.05, 4.69) is 0 Å². The van der Waals surface area contributed by atoms with Crippen molar-refractivity contribution >= 4 is 12.6 Å². The van der Waals surface area contributed by atoms with Crippen LogP contribution >= 0.6 is 0 Å². The topological polar surface area (TPSA) is 71.1 Å². The van der Waals surface area contributed by atoms with Crippen molar-refractivity contribution in [2.45, 2.75) is 12.8 Å². The minimum absolute atomic E-state index is 0.533. The van der Waals surface area contributed by atoms with Crippen LogP contribution in [0.2, 0.25) is 0 Å². The summed E-state index contributed by atoms with van der Waals surface area (Å²) in [6.45, 7) is 2.14. The molecule has 166 valence electrons. The van der Waals surface area contributed by atoms with Gasteiger partial charge >= 0.3 is 0 Å². The third-order valence-electron chi connectivity index (χ3n) is 4.51. The van der Waals surface area contributed by atoms with Crippen LogP contribution in [0.3, 0.4) is 0 Å². The minimum atomic E-state index is 0.533. The van der Waals surface area contributed by atoms with Gasteiger partial charge < -0.3 is 18.9 Å². The van der Waals surface area contributed by atoms with E-state index in [0.29, 0.717) is 37.6 Å². The van der Waals surface area contributed by atoms with Gasteiger partial charge in [0.2, 0.25) is 0 Å². The molecule has 0 heterocycles. The first kappa shape index (κ1) is 22.9. The van der Waals surface area contributed by atoms with Gasteiger partial charge in [0, 0.05) is 24.0 Å². The fourth-order valence-electron chi connectivity index (χ4n) is 2.80. The van der Waals surface area contributed by atoms with Gasteiger partial charge in [0.15, 0.2) is 0 Å². The quantitative estimate of drug-likeness (QED) is 0.262. The monoisotopic (exact) mass is 434 g/mol. The first-order chi connectivity index (χ1) is 15.8. The molecule has 0 saturated heterocycles. The number of benzene rings is 3. The molecule has 0 aliphatic rings. The van der Waals surface area contributed by atoms with Gasteiger partial charge in [-0.1, -0.05) is 0 Å². The summed E-state index contributed by atoms with van der Waals surface area (Å²) in [6, 6.07) is 21.5. The second-order valence-electron chi connectivity index (χ2n) is 6.95.